The Morgan fingerprint density at radius 3 is 0.736 bits per heavy atom. The van der Waals surface area contributed by atoms with Crippen molar-refractivity contribution in [1.82, 2.24) is 0 Å². The molecule has 0 spiro atoms. The summed E-state index contributed by atoms with van der Waals surface area (Å²) in [5, 5.41) is 0. The van der Waals surface area contributed by atoms with Crippen LogP contribution in [-0.4, -0.2) is 164 Å². The normalized spacial score (nSPS) is 22.6. The predicted octanol–water partition coefficient (Wildman–Crippen LogP) is 3.60. The highest BCUT2D eigenvalue weighted by molar-refractivity contribution is 5.84. The van der Waals surface area contributed by atoms with Crippen molar-refractivity contribution in [1.29, 1.82) is 0 Å². The van der Waals surface area contributed by atoms with Crippen LogP contribution in [0.3, 0.4) is 0 Å². The van der Waals surface area contributed by atoms with Gasteiger partial charge in [0.1, 0.15) is 77.5 Å². The largest absolute Gasteiger partial charge is 0.464 e. The van der Waals surface area contributed by atoms with Gasteiger partial charge in [-0.05, 0) is 104 Å². The highest BCUT2D eigenvalue weighted by Gasteiger charge is 2.52. The Bertz CT molecular complexity index is 1800. The molecule has 4 fully saturated rings. The molecule has 0 N–H and O–H groups in total. The summed E-state index contributed by atoms with van der Waals surface area (Å²) in [6, 6.07) is 0. The van der Waals surface area contributed by atoms with Crippen molar-refractivity contribution in [3.63, 3.8) is 0 Å². The molecule has 0 atom stereocenters. The molecule has 408 valence electrons. The lowest BCUT2D eigenvalue weighted by Gasteiger charge is -2.41. The summed E-state index contributed by atoms with van der Waals surface area (Å²) in [7, 11) is 0. The third-order valence-electron chi connectivity index (χ3n) is 12.8. The fraction of sp³-hybridized carbons (Fsp3) is 0.820. The highest BCUT2D eigenvalue weighted by atomic mass is 16.7. The van der Waals surface area contributed by atoms with E-state index in [1.54, 1.807) is 83.1 Å². The molecule has 72 heavy (non-hydrogen) atoms. The summed E-state index contributed by atoms with van der Waals surface area (Å²) in [4.78, 5) is 96.6. The molecular weight excluding hydrogens is 953 g/mol. The minimum Gasteiger partial charge on any atom is -0.464 e. The standard InChI is InChI=1S/C50H76O22/c1-17-18-58-33(51)44(10,19-59-34(52)45(11,21-61-36(54)47(13)25-65-40(2,3)66-26-47)22-62-37(55)48(14)27-67-41(4,5)68-28-48)20-60-35(53)46(12,23-63-38(56)49(15)29-69-42(6,7)70-30-49)24-64-39(57)50(16)31-71-43(8,9)72-32-50/h1H,18-32H2,2-16H3. The van der Waals surface area contributed by atoms with Crippen LogP contribution in [0.1, 0.15) is 104 Å². The van der Waals surface area contributed by atoms with Gasteiger partial charge in [0.2, 0.25) is 0 Å². The quantitative estimate of drug-likeness (QED) is 0.0959. The summed E-state index contributed by atoms with van der Waals surface area (Å²) >= 11 is 0. The molecule has 0 aromatic rings. The van der Waals surface area contributed by atoms with Gasteiger partial charge in [-0.15, -0.1) is 6.42 Å². The molecule has 0 aromatic heterocycles. The fourth-order valence-electron chi connectivity index (χ4n) is 6.62. The van der Waals surface area contributed by atoms with Crippen molar-refractivity contribution in [2.24, 2.45) is 37.9 Å². The predicted molar refractivity (Wildman–Crippen MR) is 246 cm³/mol. The van der Waals surface area contributed by atoms with E-state index in [1.165, 1.54) is 20.8 Å². The number of hydrogen-bond acceptors (Lipinski definition) is 22. The maximum atomic E-state index is 14.3. The molecule has 22 heteroatoms. The molecule has 0 saturated carbocycles. The van der Waals surface area contributed by atoms with Crippen LogP contribution in [0, 0.1) is 50.2 Å². The van der Waals surface area contributed by atoms with Crippen LogP contribution < -0.4 is 0 Å². The van der Waals surface area contributed by atoms with Gasteiger partial charge in [0.05, 0.1) is 52.9 Å². The van der Waals surface area contributed by atoms with E-state index in [9.17, 15) is 33.6 Å². The van der Waals surface area contributed by atoms with Gasteiger partial charge in [-0.2, -0.15) is 0 Å². The van der Waals surface area contributed by atoms with Gasteiger partial charge in [0.25, 0.3) is 0 Å². The van der Waals surface area contributed by atoms with Gasteiger partial charge in [-0.1, -0.05) is 5.92 Å². The first-order valence-corrected chi connectivity index (χ1v) is 23.7. The number of ether oxygens (including phenoxy) is 15. The zero-order valence-electron chi connectivity index (χ0n) is 44.7. The highest BCUT2D eigenvalue weighted by Crippen LogP contribution is 2.37. The van der Waals surface area contributed by atoms with Gasteiger partial charge in [-0.3, -0.25) is 33.6 Å². The summed E-state index contributed by atoms with van der Waals surface area (Å²) in [5.74, 6) is -8.14. The topological polar surface area (TPSA) is 258 Å². The number of rotatable bonds is 20. The van der Waals surface area contributed by atoms with E-state index in [2.05, 4.69) is 5.92 Å². The average Bonchev–Trinajstić information content (AvgIpc) is 3.32. The number of hydrogen-bond donors (Lipinski definition) is 0. The minimum absolute atomic E-state index is 0.0754. The fourth-order valence-corrected chi connectivity index (χ4v) is 6.62. The van der Waals surface area contributed by atoms with Gasteiger partial charge in [0.15, 0.2) is 29.8 Å². The summed E-state index contributed by atoms with van der Waals surface area (Å²) in [6.45, 7) is 18.0. The molecule has 0 aliphatic carbocycles. The second kappa shape index (κ2) is 22.2. The van der Waals surface area contributed by atoms with Crippen LogP contribution in [-0.2, 0) is 105 Å². The van der Waals surface area contributed by atoms with Gasteiger partial charge in [0, 0.05) is 0 Å². The van der Waals surface area contributed by atoms with E-state index in [-0.39, 0.29) is 52.9 Å². The van der Waals surface area contributed by atoms with Gasteiger partial charge >= 0.3 is 41.8 Å². The second-order valence-corrected chi connectivity index (χ2v) is 23.1. The molecule has 0 aromatic carbocycles. The molecule has 4 saturated heterocycles. The van der Waals surface area contributed by atoms with Crippen LogP contribution in [0.2, 0.25) is 0 Å². The molecule has 0 bridgehead atoms. The Hall–Kier alpha value is -4.47. The van der Waals surface area contributed by atoms with Crippen molar-refractivity contribution in [3.8, 4) is 12.3 Å². The number of carbonyl (C=O) groups is 7. The molecule has 22 nitrogen and oxygen atoms in total. The number of esters is 7. The zero-order chi connectivity index (χ0) is 54.5. The lowest BCUT2D eigenvalue weighted by atomic mass is 9.89. The number of terminal acetylenes is 1. The van der Waals surface area contributed by atoms with Gasteiger partial charge < -0.3 is 71.1 Å². The first-order valence-electron chi connectivity index (χ1n) is 23.7. The van der Waals surface area contributed by atoms with Crippen molar-refractivity contribution < 1.29 is 105 Å². The molecular formula is C50H76O22. The van der Waals surface area contributed by atoms with E-state index in [0.717, 1.165) is 0 Å². The molecule has 4 heterocycles. The minimum atomic E-state index is -2.01. The lowest BCUT2D eigenvalue weighted by molar-refractivity contribution is -0.283. The third kappa shape index (κ3) is 15.3. The van der Waals surface area contributed by atoms with Crippen molar-refractivity contribution in [2.45, 2.75) is 127 Å². The maximum Gasteiger partial charge on any atom is 0.319 e. The smallest absolute Gasteiger partial charge is 0.319 e. The Balaban J connectivity index is 1.57. The Kier molecular flexibility index (Phi) is 18.5. The third-order valence-corrected chi connectivity index (χ3v) is 12.8. The molecule has 4 rings (SSSR count). The first kappa shape index (κ1) is 60.1. The Labute approximate surface area is 421 Å². The van der Waals surface area contributed by atoms with E-state index < -0.39 is 149 Å². The van der Waals surface area contributed by atoms with Crippen molar-refractivity contribution in [3.05, 3.63) is 0 Å². The Morgan fingerprint density at radius 1 is 0.361 bits per heavy atom. The van der Waals surface area contributed by atoms with E-state index in [1.807, 2.05) is 0 Å². The van der Waals surface area contributed by atoms with Crippen LogP contribution >= 0.6 is 0 Å². The van der Waals surface area contributed by atoms with Crippen LogP contribution in [0.15, 0.2) is 0 Å². The lowest BCUT2D eigenvalue weighted by Crippen LogP contribution is -2.52. The maximum absolute atomic E-state index is 14.3. The summed E-state index contributed by atoms with van der Waals surface area (Å²) < 4.78 is 85.0. The van der Waals surface area contributed by atoms with Crippen LogP contribution in [0.5, 0.6) is 0 Å². The SMILES string of the molecule is C#CCOC(=O)C(C)(COC(=O)C(C)(COC(=O)C1(C)COC(C)(C)OC1)COC(=O)C1(C)COC(C)(C)OC1)COC(=O)C(C)(COC(=O)C1(C)COC(C)(C)OC1)COC(=O)C1(C)COC(C)(C)OC1. The van der Waals surface area contributed by atoms with Gasteiger partial charge in [-0.25, -0.2) is 0 Å². The molecule has 0 radical (unpaired) electrons. The monoisotopic (exact) mass is 1030 g/mol. The average molecular weight is 1030 g/mol. The molecule has 4 aliphatic heterocycles. The zero-order valence-corrected chi connectivity index (χ0v) is 44.7. The molecule has 0 unspecified atom stereocenters. The second-order valence-electron chi connectivity index (χ2n) is 23.1. The van der Waals surface area contributed by atoms with Crippen LogP contribution in [0.25, 0.3) is 0 Å². The summed E-state index contributed by atoms with van der Waals surface area (Å²) in [5.41, 5.74) is -11.0. The van der Waals surface area contributed by atoms with E-state index >= 15 is 0 Å². The van der Waals surface area contributed by atoms with Crippen LogP contribution in [0.4, 0.5) is 0 Å². The van der Waals surface area contributed by atoms with E-state index in [0.29, 0.717) is 0 Å². The Morgan fingerprint density at radius 2 is 0.542 bits per heavy atom. The van der Waals surface area contributed by atoms with Crippen molar-refractivity contribution in [2.75, 3.05) is 99.1 Å². The van der Waals surface area contributed by atoms with E-state index in [4.69, 9.17) is 77.5 Å². The number of carbonyl (C=O) groups excluding carboxylic acids is 7. The molecule has 0 amide bonds. The molecule has 4 aliphatic rings. The van der Waals surface area contributed by atoms with Crippen molar-refractivity contribution >= 4 is 41.8 Å². The summed E-state index contributed by atoms with van der Waals surface area (Å²) in [6.07, 6.45) is 5.39. The first-order chi connectivity index (χ1) is 32.9.